The molecule has 1 aliphatic rings. The number of imide groups is 1. The van der Waals surface area contributed by atoms with Crippen LogP contribution < -0.4 is 5.32 Å². The molecule has 0 radical (unpaired) electrons. The van der Waals surface area contributed by atoms with Gasteiger partial charge in [0.05, 0.1) is 4.91 Å². The smallest absolute Gasteiger partial charge is 0.293 e. The summed E-state index contributed by atoms with van der Waals surface area (Å²) in [6.45, 7) is 1.72. The third-order valence-electron chi connectivity index (χ3n) is 4.11. The molecule has 1 saturated heterocycles. The van der Waals surface area contributed by atoms with Crippen molar-refractivity contribution in [1.82, 2.24) is 10.2 Å². The number of carbonyl (C=O) groups excluding carboxylic acids is 3. The second kappa shape index (κ2) is 8.35. The van der Waals surface area contributed by atoms with Gasteiger partial charge in [-0.2, -0.15) is 0 Å². The number of amides is 3. The van der Waals surface area contributed by atoms with Gasteiger partial charge in [0.2, 0.25) is 0 Å². The molecule has 0 spiro atoms. The minimum absolute atomic E-state index is 0.00840. The van der Waals surface area contributed by atoms with Crippen molar-refractivity contribution < 1.29 is 23.2 Å². The van der Waals surface area contributed by atoms with E-state index in [-0.39, 0.29) is 23.6 Å². The van der Waals surface area contributed by atoms with E-state index in [2.05, 4.69) is 5.32 Å². The molecular formula is C20H16F2N2O3S. The van der Waals surface area contributed by atoms with E-state index in [1.807, 2.05) is 0 Å². The van der Waals surface area contributed by atoms with E-state index in [0.29, 0.717) is 11.1 Å². The first-order valence-corrected chi connectivity index (χ1v) is 9.22. The minimum Gasteiger partial charge on any atom is -0.350 e. The standard InChI is InChI=1S/C20H16F2N2O3S/c1-12-2-5-15(22)11-16(12)18(25)23-8-9-24-19(26)17(28-20(24)27)10-13-3-6-14(21)7-4-13/h2-7,10-11H,8-9H2,1H3,(H,23,25). The summed E-state index contributed by atoms with van der Waals surface area (Å²) in [5.41, 5.74) is 1.42. The van der Waals surface area contributed by atoms with Gasteiger partial charge < -0.3 is 5.32 Å². The van der Waals surface area contributed by atoms with Crippen molar-refractivity contribution >= 4 is 34.9 Å². The lowest BCUT2D eigenvalue weighted by Gasteiger charge is -2.13. The van der Waals surface area contributed by atoms with Gasteiger partial charge in [0.25, 0.3) is 17.1 Å². The normalized spacial score (nSPS) is 15.4. The Labute approximate surface area is 164 Å². The van der Waals surface area contributed by atoms with Crippen LogP contribution in [0.3, 0.4) is 0 Å². The summed E-state index contributed by atoms with van der Waals surface area (Å²) < 4.78 is 26.3. The van der Waals surface area contributed by atoms with Crippen LogP contribution in [0.25, 0.3) is 6.08 Å². The van der Waals surface area contributed by atoms with Crippen LogP contribution in [0.5, 0.6) is 0 Å². The summed E-state index contributed by atoms with van der Waals surface area (Å²) in [6, 6.07) is 9.44. The molecular weight excluding hydrogens is 386 g/mol. The van der Waals surface area contributed by atoms with Crippen LogP contribution in [0.2, 0.25) is 0 Å². The van der Waals surface area contributed by atoms with Gasteiger partial charge in [-0.05, 0) is 60.2 Å². The van der Waals surface area contributed by atoms with E-state index in [0.717, 1.165) is 22.7 Å². The third kappa shape index (κ3) is 4.45. The molecule has 0 bridgehead atoms. The molecule has 0 saturated carbocycles. The average Bonchev–Trinajstić information content (AvgIpc) is 2.92. The molecule has 0 aromatic heterocycles. The Balaban J connectivity index is 1.61. The monoisotopic (exact) mass is 402 g/mol. The van der Waals surface area contributed by atoms with Gasteiger partial charge in [-0.15, -0.1) is 0 Å². The van der Waals surface area contributed by atoms with Gasteiger partial charge in [0.15, 0.2) is 0 Å². The molecule has 0 aliphatic carbocycles. The Hall–Kier alpha value is -3.00. The van der Waals surface area contributed by atoms with Crippen LogP contribution in [0.1, 0.15) is 21.5 Å². The van der Waals surface area contributed by atoms with E-state index >= 15 is 0 Å². The van der Waals surface area contributed by atoms with Crippen LogP contribution in [0, 0.1) is 18.6 Å². The molecule has 28 heavy (non-hydrogen) atoms. The summed E-state index contributed by atoms with van der Waals surface area (Å²) in [6.07, 6.45) is 1.51. The maximum Gasteiger partial charge on any atom is 0.293 e. The first-order valence-electron chi connectivity index (χ1n) is 8.40. The van der Waals surface area contributed by atoms with Crippen molar-refractivity contribution in [1.29, 1.82) is 0 Å². The molecule has 8 heteroatoms. The Morgan fingerprint density at radius 2 is 1.79 bits per heavy atom. The summed E-state index contributed by atoms with van der Waals surface area (Å²) in [4.78, 5) is 37.9. The topological polar surface area (TPSA) is 66.5 Å². The van der Waals surface area contributed by atoms with E-state index < -0.39 is 28.7 Å². The summed E-state index contributed by atoms with van der Waals surface area (Å²) in [7, 11) is 0. The molecule has 0 atom stereocenters. The van der Waals surface area contributed by atoms with Crippen molar-refractivity contribution in [2.24, 2.45) is 0 Å². The van der Waals surface area contributed by atoms with Gasteiger partial charge in [-0.25, -0.2) is 8.78 Å². The summed E-state index contributed by atoms with van der Waals surface area (Å²) in [5, 5.41) is 2.13. The molecule has 2 aromatic rings. The number of aryl methyl sites for hydroxylation is 1. The molecule has 2 aromatic carbocycles. The van der Waals surface area contributed by atoms with Gasteiger partial charge in [-0.3, -0.25) is 19.3 Å². The number of rotatable bonds is 5. The Morgan fingerprint density at radius 3 is 2.50 bits per heavy atom. The zero-order valence-electron chi connectivity index (χ0n) is 14.9. The molecule has 3 rings (SSSR count). The fourth-order valence-corrected chi connectivity index (χ4v) is 3.48. The number of nitrogens with one attached hydrogen (secondary N) is 1. The third-order valence-corrected chi connectivity index (χ3v) is 5.01. The van der Waals surface area contributed by atoms with Crippen LogP contribution in [0.15, 0.2) is 47.4 Å². The second-order valence-electron chi connectivity index (χ2n) is 6.10. The quantitative estimate of drug-likeness (QED) is 0.774. The molecule has 1 fully saturated rings. The van der Waals surface area contributed by atoms with Crippen LogP contribution in [0.4, 0.5) is 13.6 Å². The predicted molar refractivity (Wildman–Crippen MR) is 103 cm³/mol. The van der Waals surface area contributed by atoms with Crippen molar-refractivity contribution in [3.05, 3.63) is 75.7 Å². The molecule has 144 valence electrons. The first kappa shape index (κ1) is 19.8. The highest BCUT2D eigenvalue weighted by molar-refractivity contribution is 8.18. The van der Waals surface area contributed by atoms with E-state index in [9.17, 15) is 23.2 Å². The number of thioether (sulfide) groups is 1. The van der Waals surface area contributed by atoms with Crippen molar-refractivity contribution in [3.63, 3.8) is 0 Å². The zero-order chi connectivity index (χ0) is 20.3. The van der Waals surface area contributed by atoms with Crippen molar-refractivity contribution in [2.75, 3.05) is 13.1 Å². The lowest BCUT2D eigenvalue weighted by Crippen LogP contribution is -2.37. The molecule has 1 N–H and O–H groups in total. The number of benzene rings is 2. The fourth-order valence-electron chi connectivity index (χ4n) is 2.62. The molecule has 0 unspecified atom stereocenters. The Bertz CT molecular complexity index is 974. The Morgan fingerprint density at radius 1 is 1.11 bits per heavy atom. The number of hydrogen-bond donors (Lipinski definition) is 1. The lowest BCUT2D eigenvalue weighted by atomic mass is 10.1. The van der Waals surface area contributed by atoms with Gasteiger partial charge in [-0.1, -0.05) is 18.2 Å². The molecule has 5 nitrogen and oxygen atoms in total. The lowest BCUT2D eigenvalue weighted by molar-refractivity contribution is -0.122. The van der Waals surface area contributed by atoms with E-state index in [1.165, 1.54) is 42.5 Å². The number of halogens is 2. The predicted octanol–water partition coefficient (Wildman–Crippen LogP) is 3.74. The maximum atomic E-state index is 13.3. The fraction of sp³-hybridized carbons (Fsp3) is 0.150. The van der Waals surface area contributed by atoms with Crippen LogP contribution in [-0.4, -0.2) is 35.0 Å². The molecule has 1 aliphatic heterocycles. The molecule has 3 amide bonds. The summed E-state index contributed by atoms with van der Waals surface area (Å²) in [5.74, 6) is -1.87. The zero-order valence-corrected chi connectivity index (χ0v) is 15.7. The van der Waals surface area contributed by atoms with Crippen molar-refractivity contribution in [2.45, 2.75) is 6.92 Å². The highest BCUT2D eigenvalue weighted by Gasteiger charge is 2.34. The van der Waals surface area contributed by atoms with E-state index in [4.69, 9.17) is 0 Å². The van der Waals surface area contributed by atoms with Crippen LogP contribution in [-0.2, 0) is 4.79 Å². The van der Waals surface area contributed by atoms with Gasteiger partial charge in [0.1, 0.15) is 11.6 Å². The number of nitrogens with zero attached hydrogens (tertiary/aromatic N) is 1. The highest BCUT2D eigenvalue weighted by Crippen LogP contribution is 2.31. The minimum atomic E-state index is -0.521. The number of carbonyl (C=O) groups is 3. The SMILES string of the molecule is Cc1ccc(F)cc1C(=O)NCCN1C(=O)SC(=Cc2ccc(F)cc2)C1=O. The van der Waals surface area contributed by atoms with Gasteiger partial charge in [0, 0.05) is 18.7 Å². The largest absolute Gasteiger partial charge is 0.350 e. The first-order chi connectivity index (χ1) is 13.3. The van der Waals surface area contributed by atoms with Crippen molar-refractivity contribution in [3.8, 4) is 0 Å². The Kier molecular flexibility index (Phi) is 5.89. The maximum absolute atomic E-state index is 13.3. The second-order valence-corrected chi connectivity index (χ2v) is 7.09. The highest BCUT2D eigenvalue weighted by atomic mass is 32.2. The summed E-state index contributed by atoms with van der Waals surface area (Å²) >= 11 is 0.783. The average molecular weight is 402 g/mol. The number of hydrogen-bond acceptors (Lipinski definition) is 4. The molecule has 1 heterocycles. The van der Waals surface area contributed by atoms with E-state index in [1.54, 1.807) is 6.92 Å². The van der Waals surface area contributed by atoms with Crippen LogP contribution >= 0.6 is 11.8 Å². The van der Waals surface area contributed by atoms with Gasteiger partial charge >= 0.3 is 0 Å².